The molecule has 2 aromatic rings. The molecule has 1 aliphatic heterocycles. The molecule has 0 aliphatic carbocycles. The van der Waals surface area contributed by atoms with Gasteiger partial charge in [-0.15, -0.1) is 11.3 Å². The zero-order valence-corrected chi connectivity index (χ0v) is 18.4. The summed E-state index contributed by atoms with van der Waals surface area (Å²) >= 11 is 1.80. The highest BCUT2D eigenvalue weighted by Crippen LogP contribution is 2.24. The van der Waals surface area contributed by atoms with Crippen molar-refractivity contribution in [2.45, 2.75) is 52.1 Å². The van der Waals surface area contributed by atoms with E-state index in [1.54, 1.807) is 11.3 Å². The summed E-state index contributed by atoms with van der Waals surface area (Å²) in [4.78, 5) is 12.8. The molecule has 152 valence electrons. The number of rotatable bonds is 7. The number of nitrogens with zero attached hydrogens (tertiary/aromatic N) is 3. The minimum atomic E-state index is 0.0521. The van der Waals surface area contributed by atoms with E-state index >= 15 is 0 Å². The van der Waals surface area contributed by atoms with Crippen LogP contribution in [0.4, 0.5) is 0 Å². The molecule has 0 unspecified atom stereocenters. The molecule has 1 aromatic carbocycles. The predicted octanol–water partition coefficient (Wildman–Crippen LogP) is 3.25. The van der Waals surface area contributed by atoms with Crippen molar-refractivity contribution in [3.05, 3.63) is 51.5 Å². The molecule has 2 heterocycles. The van der Waals surface area contributed by atoms with Gasteiger partial charge in [0.15, 0.2) is 5.96 Å². The van der Waals surface area contributed by atoms with Crippen LogP contribution in [-0.2, 0) is 25.8 Å². The van der Waals surface area contributed by atoms with Crippen molar-refractivity contribution in [3.63, 3.8) is 0 Å². The van der Waals surface area contributed by atoms with Gasteiger partial charge < -0.3 is 10.6 Å². The van der Waals surface area contributed by atoms with Gasteiger partial charge in [-0.2, -0.15) is 0 Å². The molecule has 0 radical (unpaired) electrons. The van der Waals surface area contributed by atoms with Crippen LogP contribution >= 0.6 is 11.3 Å². The fourth-order valence-corrected chi connectivity index (χ4v) is 4.42. The topological polar surface area (TPSA) is 52.6 Å². The van der Waals surface area contributed by atoms with Crippen LogP contribution in [0.5, 0.6) is 0 Å². The summed E-state index contributed by atoms with van der Waals surface area (Å²) in [6, 6.07) is 8.81. The molecule has 2 N–H and O–H groups in total. The number of thiazole rings is 1. The van der Waals surface area contributed by atoms with Crippen LogP contribution < -0.4 is 10.6 Å². The lowest BCUT2D eigenvalue weighted by molar-refractivity contribution is 0.107. The molecule has 28 heavy (non-hydrogen) atoms. The van der Waals surface area contributed by atoms with E-state index in [0.717, 1.165) is 51.4 Å². The first-order chi connectivity index (χ1) is 13.5. The Bertz CT molecular complexity index is 796. The van der Waals surface area contributed by atoms with Crippen LogP contribution in [0.15, 0.2) is 35.5 Å². The molecule has 0 bridgehead atoms. The zero-order valence-electron chi connectivity index (χ0n) is 17.6. The Hall–Kier alpha value is -1.92. The Kier molecular flexibility index (Phi) is 7.08. The third kappa shape index (κ3) is 5.32. The van der Waals surface area contributed by atoms with Gasteiger partial charge in [-0.05, 0) is 37.8 Å². The molecular formula is C22H33N5S. The number of aryl methyl sites for hydroxylation is 1. The first kappa shape index (κ1) is 20.8. The van der Waals surface area contributed by atoms with Crippen LogP contribution in [0.25, 0.3) is 0 Å². The van der Waals surface area contributed by atoms with Gasteiger partial charge in [-0.25, -0.2) is 4.98 Å². The van der Waals surface area contributed by atoms with E-state index in [4.69, 9.17) is 0 Å². The average Bonchev–Trinajstić information content (AvgIpc) is 3.18. The van der Waals surface area contributed by atoms with Crippen molar-refractivity contribution in [1.82, 2.24) is 20.5 Å². The number of aliphatic imine (C=N–C) groups is 1. The van der Waals surface area contributed by atoms with Crippen LogP contribution in [0.2, 0.25) is 0 Å². The first-order valence-corrected chi connectivity index (χ1v) is 11.0. The molecule has 1 aromatic heterocycles. The Morgan fingerprint density at radius 2 is 2.04 bits per heavy atom. The first-order valence-electron chi connectivity index (χ1n) is 10.2. The number of guanidine groups is 1. The van der Waals surface area contributed by atoms with Crippen molar-refractivity contribution in [3.8, 4) is 0 Å². The lowest BCUT2D eigenvalue weighted by atomic mass is 9.94. The van der Waals surface area contributed by atoms with Gasteiger partial charge in [0.2, 0.25) is 0 Å². The van der Waals surface area contributed by atoms with E-state index < -0.39 is 0 Å². The molecule has 3 rings (SSSR count). The zero-order chi connectivity index (χ0) is 20.0. The highest BCUT2D eigenvalue weighted by Gasteiger charge is 2.29. The van der Waals surface area contributed by atoms with E-state index in [-0.39, 0.29) is 5.54 Å². The summed E-state index contributed by atoms with van der Waals surface area (Å²) in [7, 11) is 1.83. The number of hydrogen-bond acceptors (Lipinski definition) is 4. The summed E-state index contributed by atoms with van der Waals surface area (Å²) in [5.41, 5.74) is 3.00. The third-order valence-corrected chi connectivity index (χ3v) is 6.68. The number of fused-ring (bicyclic) bond motifs is 1. The van der Waals surface area contributed by atoms with Gasteiger partial charge in [-0.1, -0.05) is 31.2 Å². The quantitative estimate of drug-likeness (QED) is 0.554. The summed E-state index contributed by atoms with van der Waals surface area (Å²) in [6.45, 7) is 10.6. The fraction of sp³-hybridized carbons (Fsp3) is 0.545. The minimum absolute atomic E-state index is 0.0521. The van der Waals surface area contributed by atoms with E-state index in [1.165, 1.54) is 21.0 Å². The lowest BCUT2D eigenvalue weighted by Crippen LogP contribution is -2.54. The summed E-state index contributed by atoms with van der Waals surface area (Å²) < 4.78 is 0. The number of hydrogen-bond donors (Lipinski definition) is 2. The minimum Gasteiger partial charge on any atom is -0.356 e. The van der Waals surface area contributed by atoms with Crippen molar-refractivity contribution < 1.29 is 0 Å². The standard InChI is InChI=1S/C22H33N5S/c1-5-19-14-25-20(28-19)10-12-24-21(23-4)26-16-22(2,3)27-13-11-17-8-6-7-9-18(17)15-27/h6-9,14H,5,10-13,15-16H2,1-4H3,(H2,23,24,26). The van der Waals surface area contributed by atoms with Gasteiger partial charge in [0.25, 0.3) is 0 Å². The molecule has 0 atom stereocenters. The van der Waals surface area contributed by atoms with E-state index in [9.17, 15) is 0 Å². The van der Waals surface area contributed by atoms with Crippen LogP contribution in [0.3, 0.4) is 0 Å². The SMILES string of the molecule is CCc1cnc(CCNC(=NC)NCC(C)(C)N2CCc3ccccc3C2)s1. The smallest absolute Gasteiger partial charge is 0.191 e. The van der Waals surface area contributed by atoms with Crippen molar-refractivity contribution in [2.24, 2.45) is 4.99 Å². The lowest BCUT2D eigenvalue weighted by Gasteiger charge is -2.42. The van der Waals surface area contributed by atoms with Gasteiger partial charge in [0.05, 0.1) is 5.01 Å². The Balaban J connectivity index is 1.47. The molecule has 6 heteroatoms. The second kappa shape index (κ2) is 9.52. The Morgan fingerprint density at radius 1 is 1.25 bits per heavy atom. The number of nitrogens with one attached hydrogen (secondary N) is 2. The second-order valence-electron chi connectivity index (χ2n) is 7.93. The summed E-state index contributed by atoms with van der Waals surface area (Å²) in [5.74, 6) is 0.859. The van der Waals surface area contributed by atoms with Crippen molar-refractivity contribution in [1.29, 1.82) is 0 Å². The molecule has 0 saturated heterocycles. The molecule has 0 saturated carbocycles. The maximum absolute atomic E-state index is 4.49. The second-order valence-corrected chi connectivity index (χ2v) is 9.13. The molecule has 0 spiro atoms. The predicted molar refractivity (Wildman–Crippen MR) is 119 cm³/mol. The monoisotopic (exact) mass is 399 g/mol. The Morgan fingerprint density at radius 3 is 2.75 bits per heavy atom. The molecule has 5 nitrogen and oxygen atoms in total. The van der Waals surface area contributed by atoms with Crippen LogP contribution in [0, 0.1) is 0 Å². The number of aromatic nitrogens is 1. The largest absolute Gasteiger partial charge is 0.356 e. The van der Waals surface area contributed by atoms with Gasteiger partial charge in [-0.3, -0.25) is 9.89 Å². The molecule has 1 aliphatic rings. The van der Waals surface area contributed by atoms with Crippen LogP contribution in [-0.4, -0.2) is 48.1 Å². The van der Waals surface area contributed by atoms with Crippen LogP contribution in [0.1, 0.15) is 41.8 Å². The fourth-order valence-electron chi connectivity index (χ4n) is 3.56. The van der Waals surface area contributed by atoms with E-state index in [2.05, 4.69) is 70.5 Å². The highest BCUT2D eigenvalue weighted by atomic mass is 32.1. The maximum Gasteiger partial charge on any atom is 0.191 e. The van der Waals surface area contributed by atoms with Crippen molar-refractivity contribution >= 4 is 17.3 Å². The average molecular weight is 400 g/mol. The third-order valence-electron chi connectivity index (χ3n) is 5.48. The molecule has 0 fully saturated rings. The van der Waals surface area contributed by atoms with E-state index in [1.807, 2.05) is 13.2 Å². The van der Waals surface area contributed by atoms with Gasteiger partial charge in [0.1, 0.15) is 0 Å². The highest BCUT2D eigenvalue weighted by molar-refractivity contribution is 7.11. The normalized spacial score (nSPS) is 15.4. The number of benzene rings is 1. The maximum atomic E-state index is 4.49. The summed E-state index contributed by atoms with van der Waals surface area (Å²) in [6.07, 6.45) is 5.11. The Labute approximate surface area is 173 Å². The van der Waals surface area contributed by atoms with Gasteiger partial charge >= 0.3 is 0 Å². The molecule has 0 amide bonds. The molecular weight excluding hydrogens is 366 g/mol. The summed E-state index contributed by atoms with van der Waals surface area (Å²) in [5, 5.41) is 8.12. The van der Waals surface area contributed by atoms with E-state index in [0.29, 0.717) is 0 Å². The van der Waals surface area contributed by atoms with Gasteiger partial charge in [0, 0.05) is 56.3 Å². The van der Waals surface area contributed by atoms with Crippen molar-refractivity contribution in [2.75, 3.05) is 26.7 Å².